The fourth-order valence-corrected chi connectivity index (χ4v) is 3.73. The van der Waals surface area contributed by atoms with Gasteiger partial charge in [0.2, 0.25) is 5.78 Å². The van der Waals surface area contributed by atoms with Gasteiger partial charge in [0.15, 0.2) is 0 Å². The molecule has 9 nitrogen and oxygen atoms in total. The van der Waals surface area contributed by atoms with E-state index in [9.17, 15) is 4.79 Å². The van der Waals surface area contributed by atoms with Crippen LogP contribution in [0.15, 0.2) is 30.6 Å². The number of anilines is 1. The zero-order valence-electron chi connectivity index (χ0n) is 15.9. The maximum atomic E-state index is 10.8. The van der Waals surface area contributed by atoms with Crippen molar-refractivity contribution in [3.63, 3.8) is 0 Å². The van der Waals surface area contributed by atoms with Crippen LogP contribution < -0.4 is 19.7 Å². The number of nitrogens with zero attached hydrogens (tertiary/aromatic N) is 4. The van der Waals surface area contributed by atoms with E-state index in [-0.39, 0.29) is 6.04 Å². The Bertz CT molecular complexity index is 1070. The molecule has 0 bridgehead atoms. The zero-order chi connectivity index (χ0) is 20.5. The molecule has 10 heteroatoms. The molecule has 1 atom stereocenters. The van der Waals surface area contributed by atoms with Crippen molar-refractivity contribution < 1.29 is 19.4 Å². The van der Waals surface area contributed by atoms with Gasteiger partial charge in [0, 0.05) is 37.1 Å². The van der Waals surface area contributed by atoms with E-state index in [0.717, 1.165) is 24.3 Å². The normalized spacial score (nSPS) is 16.2. The summed E-state index contributed by atoms with van der Waals surface area (Å²) in [5.41, 5.74) is 1.40. The van der Waals surface area contributed by atoms with Crippen LogP contribution in [0.2, 0.25) is 5.02 Å². The minimum absolute atomic E-state index is 0.105. The van der Waals surface area contributed by atoms with E-state index in [0.29, 0.717) is 34.5 Å². The van der Waals surface area contributed by atoms with Crippen LogP contribution >= 0.6 is 11.6 Å². The number of carboxylic acid groups (broad SMARTS) is 1. The van der Waals surface area contributed by atoms with Crippen LogP contribution in [0.3, 0.4) is 0 Å². The van der Waals surface area contributed by atoms with Crippen LogP contribution in [0.25, 0.3) is 17.0 Å². The zero-order valence-corrected chi connectivity index (χ0v) is 16.7. The number of rotatable bonds is 5. The van der Waals surface area contributed by atoms with Crippen molar-refractivity contribution in [2.24, 2.45) is 0 Å². The average molecular weight is 418 g/mol. The molecule has 0 aliphatic carbocycles. The number of hydrogen-bond donors (Lipinski definition) is 2. The molecular weight excluding hydrogens is 398 g/mol. The summed E-state index contributed by atoms with van der Waals surface area (Å²) in [6.07, 6.45) is 3.46. The van der Waals surface area contributed by atoms with Gasteiger partial charge in [-0.15, -0.1) is 0 Å². The number of hydrogen-bond acceptors (Lipinski definition) is 6. The first kappa shape index (κ1) is 19.1. The van der Waals surface area contributed by atoms with Gasteiger partial charge in [-0.1, -0.05) is 11.6 Å². The van der Waals surface area contributed by atoms with E-state index < -0.39 is 6.09 Å². The SMILES string of the molecule is COc1cc(OC)c(-c2cn3ccc(N4CCC(NC(=O)O)C4)nc3n2)cc1Cl. The molecular formula is C19H20ClN5O4. The molecule has 1 aliphatic heterocycles. The molecule has 1 amide bonds. The van der Waals surface area contributed by atoms with E-state index in [2.05, 4.69) is 15.3 Å². The maximum absolute atomic E-state index is 10.8. The van der Waals surface area contributed by atoms with Crippen LogP contribution in [0.4, 0.5) is 10.6 Å². The summed E-state index contributed by atoms with van der Waals surface area (Å²) in [5.74, 6) is 2.40. The van der Waals surface area contributed by atoms with Gasteiger partial charge in [-0.3, -0.25) is 4.40 Å². The summed E-state index contributed by atoms with van der Waals surface area (Å²) >= 11 is 6.28. The topological polar surface area (TPSA) is 101 Å². The Morgan fingerprint density at radius 3 is 2.79 bits per heavy atom. The second-order valence-electron chi connectivity index (χ2n) is 6.69. The molecule has 29 heavy (non-hydrogen) atoms. The molecule has 1 unspecified atom stereocenters. The summed E-state index contributed by atoms with van der Waals surface area (Å²) in [7, 11) is 3.12. The maximum Gasteiger partial charge on any atom is 0.404 e. The van der Waals surface area contributed by atoms with Gasteiger partial charge < -0.3 is 24.8 Å². The monoisotopic (exact) mass is 417 g/mol. The third-order valence-electron chi connectivity index (χ3n) is 4.90. The first-order valence-corrected chi connectivity index (χ1v) is 9.38. The van der Waals surface area contributed by atoms with Gasteiger partial charge in [-0.05, 0) is 18.6 Å². The van der Waals surface area contributed by atoms with Crippen molar-refractivity contribution in [3.05, 3.63) is 35.6 Å². The number of fused-ring (bicyclic) bond motifs is 1. The van der Waals surface area contributed by atoms with Crippen molar-refractivity contribution in [3.8, 4) is 22.8 Å². The second-order valence-corrected chi connectivity index (χ2v) is 7.09. The molecule has 1 aliphatic rings. The lowest BCUT2D eigenvalue weighted by Gasteiger charge is -2.17. The Balaban J connectivity index is 1.65. The largest absolute Gasteiger partial charge is 0.496 e. The molecule has 0 saturated carbocycles. The molecule has 0 spiro atoms. The first-order chi connectivity index (χ1) is 14.0. The van der Waals surface area contributed by atoms with Crippen molar-refractivity contribution >= 4 is 29.3 Å². The third-order valence-corrected chi connectivity index (χ3v) is 5.20. The number of nitrogens with one attached hydrogen (secondary N) is 1. The van der Waals surface area contributed by atoms with Crippen LogP contribution in [0, 0.1) is 0 Å². The van der Waals surface area contributed by atoms with Gasteiger partial charge in [0.05, 0.1) is 31.0 Å². The average Bonchev–Trinajstić information content (AvgIpc) is 3.33. The van der Waals surface area contributed by atoms with Gasteiger partial charge in [-0.25, -0.2) is 9.78 Å². The Morgan fingerprint density at radius 1 is 1.28 bits per heavy atom. The fraction of sp³-hybridized carbons (Fsp3) is 0.316. The molecule has 1 fully saturated rings. The smallest absolute Gasteiger partial charge is 0.404 e. The molecule has 4 rings (SSSR count). The number of ether oxygens (including phenoxy) is 2. The molecule has 3 heterocycles. The fourth-order valence-electron chi connectivity index (χ4n) is 3.49. The van der Waals surface area contributed by atoms with Crippen LogP contribution in [-0.4, -0.2) is 58.9 Å². The Hall–Kier alpha value is -3.20. The number of imidazole rings is 1. The summed E-state index contributed by atoms with van der Waals surface area (Å²) < 4.78 is 12.5. The van der Waals surface area contributed by atoms with Gasteiger partial charge in [-0.2, -0.15) is 4.98 Å². The van der Waals surface area contributed by atoms with Crippen molar-refractivity contribution in [1.82, 2.24) is 19.7 Å². The second kappa shape index (κ2) is 7.67. The highest BCUT2D eigenvalue weighted by Gasteiger charge is 2.25. The molecule has 2 N–H and O–H groups in total. The van der Waals surface area contributed by atoms with Crippen LogP contribution in [0.5, 0.6) is 11.5 Å². The van der Waals surface area contributed by atoms with Crippen molar-refractivity contribution in [1.29, 1.82) is 0 Å². The number of carbonyl (C=O) groups is 1. The molecule has 2 aromatic heterocycles. The lowest BCUT2D eigenvalue weighted by molar-refractivity contribution is 0.191. The standard InChI is InChI=1S/C19H20ClN5O4/c1-28-15-8-16(29-2)13(20)7-12(15)14-10-25-6-4-17(23-18(25)22-14)24-5-3-11(9-24)21-19(26)27/h4,6-8,10-11,21H,3,5,9H2,1-2H3,(H,26,27). The first-order valence-electron chi connectivity index (χ1n) is 9.00. The van der Waals surface area contributed by atoms with E-state index in [1.54, 1.807) is 26.4 Å². The lowest BCUT2D eigenvalue weighted by Crippen LogP contribution is -2.36. The Kier molecular flexibility index (Phi) is 5.06. The van der Waals surface area contributed by atoms with Gasteiger partial charge >= 0.3 is 6.09 Å². The number of amides is 1. The Labute approximate surface area is 171 Å². The molecule has 1 aromatic carbocycles. The van der Waals surface area contributed by atoms with Crippen LogP contribution in [0.1, 0.15) is 6.42 Å². The third kappa shape index (κ3) is 3.73. The van der Waals surface area contributed by atoms with E-state index >= 15 is 0 Å². The van der Waals surface area contributed by atoms with Gasteiger partial charge in [0.25, 0.3) is 0 Å². The van der Waals surface area contributed by atoms with E-state index in [4.69, 9.17) is 26.2 Å². The summed E-state index contributed by atoms with van der Waals surface area (Å²) in [6, 6.07) is 5.26. The number of aromatic nitrogens is 3. The molecule has 1 saturated heterocycles. The summed E-state index contributed by atoms with van der Waals surface area (Å²) in [6.45, 7) is 1.30. The highest BCUT2D eigenvalue weighted by atomic mass is 35.5. The number of halogens is 1. The predicted octanol–water partition coefficient (Wildman–Crippen LogP) is 2.91. The number of benzene rings is 1. The Morgan fingerprint density at radius 2 is 2.07 bits per heavy atom. The lowest BCUT2D eigenvalue weighted by atomic mass is 10.1. The quantitative estimate of drug-likeness (QED) is 0.658. The van der Waals surface area contributed by atoms with E-state index in [1.807, 2.05) is 27.8 Å². The van der Waals surface area contributed by atoms with Crippen molar-refractivity contribution in [2.75, 3.05) is 32.2 Å². The van der Waals surface area contributed by atoms with E-state index in [1.165, 1.54) is 0 Å². The highest BCUT2D eigenvalue weighted by Crippen LogP contribution is 2.38. The predicted molar refractivity (Wildman–Crippen MR) is 108 cm³/mol. The summed E-state index contributed by atoms with van der Waals surface area (Å²) in [5, 5.41) is 11.9. The minimum Gasteiger partial charge on any atom is -0.496 e. The molecule has 3 aromatic rings. The molecule has 0 radical (unpaired) electrons. The molecule has 152 valence electrons. The number of methoxy groups -OCH3 is 2. The summed E-state index contributed by atoms with van der Waals surface area (Å²) in [4.78, 5) is 22.1. The van der Waals surface area contributed by atoms with Gasteiger partial charge in [0.1, 0.15) is 17.3 Å². The van der Waals surface area contributed by atoms with Crippen molar-refractivity contribution in [2.45, 2.75) is 12.5 Å². The highest BCUT2D eigenvalue weighted by molar-refractivity contribution is 6.32. The minimum atomic E-state index is -1.01. The van der Waals surface area contributed by atoms with Crippen LogP contribution in [-0.2, 0) is 0 Å².